The van der Waals surface area contributed by atoms with Crippen LogP contribution in [0.5, 0.6) is 0 Å². The molecule has 20 heavy (non-hydrogen) atoms. The van der Waals surface area contributed by atoms with E-state index in [1.807, 2.05) is 18.7 Å². The summed E-state index contributed by atoms with van der Waals surface area (Å²) in [4.78, 5) is 25.8. The van der Waals surface area contributed by atoms with Crippen LogP contribution in [0.1, 0.15) is 46.5 Å². The summed E-state index contributed by atoms with van der Waals surface area (Å²) in [6.45, 7) is 8.73. The first-order chi connectivity index (χ1) is 9.54. The lowest BCUT2D eigenvalue weighted by Gasteiger charge is -2.31. The molecule has 0 unspecified atom stereocenters. The smallest absolute Gasteiger partial charge is 0.236 e. The highest BCUT2D eigenvalue weighted by Crippen LogP contribution is 2.17. The van der Waals surface area contributed by atoms with Crippen molar-refractivity contribution in [2.75, 3.05) is 26.2 Å². The molecule has 1 aliphatic heterocycles. The molecular weight excluding hydrogens is 254 g/mol. The zero-order valence-electron chi connectivity index (χ0n) is 13.1. The molecule has 0 atom stereocenters. The number of rotatable bonds is 7. The predicted molar refractivity (Wildman–Crippen MR) is 80.4 cm³/mol. The Labute approximate surface area is 122 Å². The van der Waals surface area contributed by atoms with Crippen LogP contribution in [0.3, 0.4) is 0 Å². The van der Waals surface area contributed by atoms with Gasteiger partial charge in [0.15, 0.2) is 0 Å². The van der Waals surface area contributed by atoms with Crippen molar-refractivity contribution in [2.45, 2.75) is 52.5 Å². The number of piperidine rings is 1. The number of nitrogens with one attached hydrogen (secondary N) is 2. The van der Waals surface area contributed by atoms with Crippen molar-refractivity contribution < 1.29 is 9.59 Å². The third kappa shape index (κ3) is 5.90. The fourth-order valence-electron chi connectivity index (χ4n) is 2.33. The molecule has 5 nitrogen and oxygen atoms in total. The first-order valence-electron chi connectivity index (χ1n) is 7.83. The molecule has 0 aliphatic carbocycles. The van der Waals surface area contributed by atoms with Crippen LogP contribution in [0.25, 0.3) is 0 Å². The minimum atomic E-state index is 0.0777. The standard InChI is InChI=1S/C15H29N3O2/c1-4-5-8-16-15(20)13-6-9-18(10-7-13)14(19)11-17-12(2)3/h12-13,17H,4-11H2,1-3H3,(H,16,20). The van der Waals surface area contributed by atoms with Gasteiger partial charge < -0.3 is 15.5 Å². The van der Waals surface area contributed by atoms with E-state index in [9.17, 15) is 9.59 Å². The lowest BCUT2D eigenvalue weighted by atomic mass is 9.96. The van der Waals surface area contributed by atoms with Gasteiger partial charge in [0.1, 0.15) is 0 Å². The maximum Gasteiger partial charge on any atom is 0.236 e. The Bertz CT molecular complexity index is 310. The number of nitrogens with zero attached hydrogens (tertiary/aromatic N) is 1. The Balaban J connectivity index is 2.25. The molecule has 0 aromatic rings. The SMILES string of the molecule is CCCCNC(=O)C1CCN(C(=O)CNC(C)C)CC1. The number of hydrogen-bond acceptors (Lipinski definition) is 3. The van der Waals surface area contributed by atoms with Crippen molar-refractivity contribution in [2.24, 2.45) is 5.92 Å². The molecule has 0 radical (unpaired) electrons. The number of carbonyl (C=O) groups is 2. The maximum atomic E-state index is 12.0. The summed E-state index contributed by atoms with van der Waals surface area (Å²) < 4.78 is 0. The van der Waals surface area contributed by atoms with E-state index in [4.69, 9.17) is 0 Å². The second-order valence-corrected chi connectivity index (χ2v) is 5.84. The second kappa shape index (κ2) is 8.95. The van der Waals surface area contributed by atoms with Gasteiger partial charge in [-0.1, -0.05) is 27.2 Å². The zero-order valence-corrected chi connectivity index (χ0v) is 13.1. The summed E-state index contributed by atoms with van der Waals surface area (Å²) in [6.07, 6.45) is 3.69. The van der Waals surface area contributed by atoms with E-state index in [0.29, 0.717) is 25.7 Å². The summed E-state index contributed by atoms with van der Waals surface area (Å²) >= 11 is 0. The quantitative estimate of drug-likeness (QED) is 0.689. The van der Waals surface area contributed by atoms with E-state index in [-0.39, 0.29) is 17.7 Å². The summed E-state index contributed by atoms with van der Waals surface area (Å²) in [5, 5.41) is 6.12. The highest BCUT2D eigenvalue weighted by Gasteiger charge is 2.26. The Kier molecular flexibility index (Phi) is 7.59. The van der Waals surface area contributed by atoms with E-state index in [1.54, 1.807) is 0 Å². The first-order valence-corrected chi connectivity index (χ1v) is 7.83. The van der Waals surface area contributed by atoms with E-state index in [1.165, 1.54) is 0 Å². The van der Waals surface area contributed by atoms with E-state index in [2.05, 4.69) is 17.6 Å². The largest absolute Gasteiger partial charge is 0.356 e. The minimum Gasteiger partial charge on any atom is -0.356 e. The van der Waals surface area contributed by atoms with Gasteiger partial charge in [-0.25, -0.2) is 0 Å². The monoisotopic (exact) mass is 283 g/mol. The van der Waals surface area contributed by atoms with Gasteiger partial charge in [-0.3, -0.25) is 9.59 Å². The molecule has 1 rings (SSSR count). The topological polar surface area (TPSA) is 61.4 Å². The average Bonchev–Trinajstić information content (AvgIpc) is 2.45. The molecule has 0 aromatic heterocycles. The molecule has 1 saturated heterocycles. The molecule has 1 fully saturated rings. The number of unbranched alkanes of at least 4 members (excludes halogenated alkanes) is 1. The summed E-state index contributed by atoms with van der Waals surface area (Å²) in [6, 6.07) is 0.320. The highest BCUT2D eigenvalue weighted by atomic mass is 16.2. The number of hydrogen-bond donors (Lipinski definition) is 2. The summed E-state index contributed by atoms with van der Waals surface area (Å²) in [5.74, 6) is 0.378. The Hall–Kier alpha value is -1.10. The van der Waals surface area contributed by atoms with Gasteiger partial charge in [0.25, 0.3) is 0 Å². The van der Waals surface area contributed by atoms with Gasteiger partial charge in [-0.05, 0) is 19.3 Å². The fourth-order valence-corrected chi connectivity index (χ4v) is 2.33. The van der Waals surface area contributed by atoms with E-state index in [0.717, 1.165) is 32.2 Å². The van der Waals surface area contributed by atoms with Crippen LogP contribution in [0.15, 0.2) is 0 Å². The van der Waals surface area contributed by atoms with Gasteiger partial charge in [-0.2, -0.15) is 0 Å². The average molecular weight is 283 g/mol. The molecule has 1 aliphatic rings. The van der Waals surface area contributed by atoms with Gasteiger partial charge in [0.05, 0.1) is 6.54 Å². The third-order valence-electron chi connectivity index (χ3n) is 3.71. The molecule has 116 valence electrons. The van der Waals surface area contributed by atoms with Crippen LogP contribution in [0, 0.1) is 5.92 Å². The van der Waals surface area contributed by atoms with Crippen LogP contribution in [0.2, 0.25) is 0 Å². The summed E-state index contributed by atoms with van der Waals surface area (Å²) in [5.41, 5.74) is 0. The molecule has 0 saturated carbocycles. The normalized spacial score (nSPS) is 16.5. The van der Waals surface area contributed by atoms with E-state index >= 15 is 0 Å². The lowest BCUT2D eigenvalue weighted by molar-refractivity contribution is -0.135. The van der Waals surface area contributed by atoms with Gasteiger partial charge >= 0.3 is 0 Å². The van der Waals surface area contributed by atoms with Crippen LogP contribution in [0.4, 0.5) is 0 Å². The van der Waals surface area contributed by atoms with Crippen molar-refractivity contribution in [3.8, 4) is 0 Å². The van der Waals surface area contributed by atoms with E-state index < -0.39 is 0 Å². The third-order valence-corrected chi connectivity index (χ3v) is 3.71. The Morgan fingerprint density at radius 2 is 1.90 bits per heavy atom. The first kappa shape index (κ1) is 17.0. The van der Waals surface area contributed by atoms with Crippen molar-refractivity contribution in [1.29, 1.82) is 0 Å². The minimum absolute atomic E-state index is 0.0777. The molecule has 0 bridgehead atoms. The molecule has 2 N–H and O–H groups in total. The van der Waals surface area contributed by atoms with Crippen LogP contribution in [-0.4, -0.2) is 48.9 Å². The zero-order chi connectivity index (χ0) is 15.0. The van der Waals surface area contributed by atoms with Crippen molar-refractivity contribution >= 4 is 11.8 Å². The molecule has 0 spiro atoms. The van der Waals surface area contributed by atoms with Gasteiger partial charge in [-0.15, -0.1) is 0 Å². The lowest BCUT2D eigenvalue weighted by Crippen LogP contribution is -2.46. The molecule has 0 aromatic carbocycles. The molecular formula is C15H29N3O2. The van der Waals surface area contributed by atoms with Crippen molar-refractivity contribution in [3.63, 3.8) is 0 Å². The predicted octanol–water partition coefficient (Wildman–Crippen LogP) is 1.14. The maximum absolute atomic E-state index is 12.0. The fraction of sp³-hybridized carbons (Fsp3) is 0.867. The second-order valence-electron chi connectivity index (χ2n) is 5.84. The van der Waals surface area contributed by atoms with Crippen LogP contribution in [-0.2, 0) is 9.59 Å². The number of carbonyl (C=O) groups excluding carboxylic acids is 2. The Morgan fingerprint density at radius 1 is 1.25 bits per heavy atom. The van der Waals surface area contributed by atoms with Crippen LogP contribution >= 0.6 is 0 Å². The van der Waals surface area contributed by atoms with Gasteiger partial charge in [0.2, 0.25) is 11.8 Å². The highest BCUT2D eigenvalue weighted by molar-refractivity contribution is 5.80. The molecule has 2 amide bonds. The summed E-state index contributed by atoms with van der Waals surface area (Å²) in [7, 11) is 0. The number of amides is 2. The number of likely N-dealkylation sites (tertiary alicyclic amines) is 1. The molecule has 5 heteroatoms. The Morgan fingerprint density at radius 3 is 2.45 bits per heavy atom. The van der Waals surface area contributed by atoms with Crippen molar-refractivity contribution in [3.05, 3.63) is 0 Å². The van der Waals surface area contributed by atoms with Gasteiger partial charge in [0, 0.05) is 31.6 Å². The van der Waals surface area contributed by atoms with Crippen LogP contribution < -0.4 is 10.6 Å². The van der Waals surface area contributed by atoms with Crippen molar-refractivity contribution in [1.82, 2.24) is 15.5 Å². The molecule has 1 heterocycles.